The number of anilines is 1. The van der Waals surface area contributed by atoms with Crippen LogP contribution in [0.2, 0.25) is 0 Å². The molecule has 142 valence electrons. The van der Waals surface area contributed by atoms with Gasteiger partial charge in [-0.15, -0.1) is 0 Å². The van der Waals surface area contributed by atoms with Crippen molar-refractivity contribution in [2.75, 3.05) is 5.32 Å². The summed E-state index contributed by atoms with van der Waals surface area (Å²) in [5.74, 6) is 0.241. The summed E-state index contributed by atoms with van der Waals surface area (Å²) in [7, 11) is 0. The lowest BCUT2D eigenvalue weighted by Gasteiger charge is -2.35. The number of nitrogens with one attached hydrogen (secondary N) is 1. The molecule has 0 aliphatic heterocycles. The highest BCUT2D eigenvalue weighted by Gasteiger charge is 2.63. The van der Waals surface area contributed by atoms with E-state index in [0.717, 1.165) is 29.8 Å². The van der Waals surface area contributed by atoms with E-state index in [0.29, 0.717) is 11.6 Å². The van der Waals surface area contributed by atoms with E-state index in [1.165, 1.54) is 5.69 Å². The maximum atomic E-state index is 13.2. The van der Waals surface area contributed by atoms with Crippen molar-refractivity contribution in [2.45, 2.75) is 44.9 Å². The quantitative estimate of drug-likeness (QED) is 0.679. The lowest BCUT2D eigenvalue weighted by Crippen LogP contribution is -2.33. The Hall–Kier alpha value is -2.88. The van der Waals surface area contributed by atoms with Crippen molar-refractivity contribution in [1.82, 2.24) is 9.78 Å². The first-order valence-corrected chi connectivity index (χ1v) is 9.99. The second kappa shape index (κ2) is 5.81. The first-order chi connectivity index (χ1) is 13.4. The van der Waals surface area contributed by atoms with Gasteiger partial charge in [-0.3, -0.25) is 4.79 Å². The third kappa shape index (κ3) is 2.17. The van der Waals surface area contributed by atoms with Crippen LogP contribution in [0.5, 0.6) is 0 Å². The smallest absolute Gasteiger partial charge is 0.276 e. The zero-order valence-corrected chi connectivity index (χ0v) is 16.6. The highest BCUT2D eigenvalue weighted by Crippen LogP contribution is 2.68. The summed E-state index contributed by atoms with van der Waals surface area (Å²) < 4.78 is 2.02. The van der Waals surface area contributed by atoms with E-state index in [4.69, 9.17) is 5.10 Å². The van der Waals surface area contributed by atoms with Gasteiger partial charge in [0.05, 0.1) is 11.4 Å². The molecular weight excluding hydrogens is 346 g/mol. The first kappa shape index (κ1) is 17.2. The van der Waals surface area contributed by atoms with Gasteiger partial charge < -0.3 is 5.32 Å². The number of carbonyl (C=O) groups is 1. The summed E-state index contributed by atoms with van der Waals surface area (Å²) in [6.07, 6.45) is 2.25. The van der Waals surface area contributed by atoms with Crippen molar-refractivity contribution in [3.05, 3.63) is 77.6 Å². The molecule has 2 aliphatic carbocycles. The summed E-state index contributed by atoms with van der Waals surface area (Å²) >= 11 is 0. The number of hydrogen-bond donors (Lipinski definition) is 1. The highest BCUT2D eigenvalue weighted by atomic mass is 16.2. The maximum Gasteiger partial charge on any atom is 0.276 e. The molecule has 2 bridgehead atoms. The van der Waals surface area contributed by atoms with Crippen LogP contribution in [0.25, 0.3) is 5.69 Å². The molecule has 2 atom stereocenters. The molecule has 1 saturated carbocycles. The molecule has 28 heavy (non-hydrogen) atoms. The largest absolute Gasteiger partial charge is 0.321 e. The normalized spacial score (nSPS) is 24.2. The van der Waals surface area contributed by atoms with Gasteiger partial charge in [-0.2, -0.15) is 5.10 Å². The van der Waals surface area contributed by atoms with E-state index < -0.39 is 0 Å². The Bertz CT molecular complexity index is 1050. The number of fused-ring (bicyclic) bond motifs is 5. The van der Waals surface area contributed by atoms with Gasteiger partial charge in [-0.1, -0.05) is 57.2 Å². The molecule has 2 aliphatic rings. The van der Waals surface area contributed by atoms with E-state index in [-0.39, 0.29) is 16.7 Å². The van der Waals surface area contributed by atoms with Crippen LogP contribution in [0.3, 0.4) is 0 Å². The number of nitrogens with zero attached hydrogens (tertiary/aromatic N) is 2. The third-order valence-electron chi connectivity index (χ3n) is 7.27. The maximum absolute atomic E-state index is 13.2. The number of hydrogen-bond acceptors (Lipinski definition) is 2. The number of aromatic nitrogens is 2. The minimum absolute atomic E-state index is 0.0150. The van der Waals surface area contributed by atoms with Crippen LogP contribution in [0.15, 0.2) is 60.7 Å². The summed E-state index contributed by atoms with van der Waals surface area (Å²) in [4.78, 5) is 13.2. The average molecular weight is 371 g/mol. The van der Waals surface area contributed by atoms with Crippen LogP contribution in [-0.2, 0) is 5.41 Å². The first-order valence-electron chi connectivity index (χ1n) is 9.99. The third-order valence-corrected chi connectivity index (χ3v) is 7.27. The monoisotopic (exact) mass is 371 g/mol. The van der Waals surface area contributed by atoms with Crippen molar-refractivity contribution in [1.29, 1.82) is 0 Å². The molecule has 0 spiro atoms. The molecule has 1 heterocycles. The van der Waals surface area contributed by atoms with Crippen molar-refractivity contribution < 1.29 is 4.79 Å². The number of benzene rings is 2. The molecule has 1 amide bonds. The number of carbonyl (C=O) groups excluding carboxylic acids is 1. The van der Waals surface area contributed by atoms with Crippen LogP contribution < -0.4 is 5.32 Å². The average Bonchev–Trinajstić information content (AvgIpc) is 3.26. The van der Waals surface area contributed by atoms with Gasteiger partial charge in [0.2, 0.25) is 0 Å². The summed E-state index contributed by atoms with van der Waals surface area (Å²) in [6.45, 7) is 7.04. The standard InChI is InChI=1S/C24H25N3O/c1-23(2)18-14-15-24(23,3)21-19(18)20(22(28)25-16-10-6-4-7-11-16)26-27(21)17-12-8-5-9-13-17/h4-13,18H,14-15H2,1-3H3,(H,25,28)/t18-,24+/m1/s1. The summed E-state index contributed by atoms with van der Waals surface area (Å²) in [6, 6.07) is 19.8. The van der Waals surface area contributed by atoms with Crippen molar-refractivity contribution >= 4 is 11.6 Å². The Morgan fingerprint density at radius 3 is 2.36 bits per heavy atom. The Morgan fingerprint density at radius 2 is 1.68 bits per heavy atom. The van der Waals surface area contributed by atoms with E-state index in [9.17, 15) is 4.79 Å². The summed E-state index contributed by atoms with van der Waals surface area (Å²) in [5.41, 5.74) is 4.88. The second-order valence-corrected chi connectivity index (χ2v) is 8.82. The van der Waals surface area contributed by atoms with Gasteiger partial charge in [0.25, 0.3) is 5.91 Å². The van der Waals surface area contributed by atoms with Crippen LogP contribution in [0, 0.1) is 5.41 Å². The number of rotatable bonds is 3. The molecule has 4 nitrogen and oxygen atoms in total. The Kier molecular flexibility index (Phi) is 3.57. The van der Waals surface area contributed by atoms with Crippen LogP contribution >= 0.6 is 0 Å². The predicted octanol–water partition coefficient (Wildman–Crippen LogP) is 5.30. The zero-order valence-electron chi connectivity index (χ0n) is 16.6. The second-order valence-electron chi connectivity index (χ2n) is 8.82. The van der Waals surface area contributed by atoms with E-state index >= 15 is 0 Å². The van der Waals surface area contributed by atoms with E-state index in [1.807, 2.05) is 53.2 Å². The fourth-order valence-electron chi connectivity index (χ4n) is 5.36. The molecule has 0 saturated heterocycles. The SMILES string of the molecule is CC1(C)[C@@H]2CC[C@@]1(C)c1c2c(C(=O)Nc2ccccc2)nn1-c1ccccc1. The lowest BCUT2D eigenvalue weighted by atomic mass is 9.70. The molecular formula is C24H25N3O. The minimum Gasteiger partial charge on any atom is -0.321 e. The molecule has 3 aromatic rings. The van der Waals surface area contributed by atoms with Crippen LogP contribution in [0.1, 0.15) is 61.3 Å². The van der Waals surface area contributed by atoms with Gasteiger partial charge in [0.15, 0.2) is 5.69 Å². The molecule has 1 aromatic heterocycles. The van der Waals surface area contributed by atoms with E-state index in [1.54, 1.807) is 0 Å². The molecule has 0 unspecified atom stereocenters. The van der Waals surface area contributed by atoms with Crippen LogP contribution in [-0.4, -0.2) is 15.7 Å². The Labute approximate surface area is 165 Å². The highest BCUT2D eigenvalue weighted by molar-refractivity contribution is 6.04. The minimum atomic E-state index is -0.121. The number of amides is 1. The van der Waals surface area contributed by atoms with Crippen molar-refractivity contribution in [2.24, 2.45) is 5.41 Å². The molecule has 5 rings (SSSR count). The molecule has 1 fully saturated rings. The van der Waals surface area contributed by atoms with Gasteiger partial charge >= 0.3 is 0 Å². The summed E-state index contributed by atoms with van der Waals surface area (Å²) in [5, 5.41) is 7.89. The lowest BCUT2D eigenvalue weighted by molar-refractivity contribution is 0.101. The van der Waals surface area contributed by atoms with Gasteiger partial charge in [-0.05, 0) is 48.4 Å². The zero-order chi connectivity index (χ0) is 19.5. The topological polar surface area (TPSA) is 46.9 Å². The molecule has 2 aromatic carbocycles. The molecule has 1 N–H and O–H groups in total. The number of para-hydroxylation sites is 2. The van der Waals surface area contributed by atoms with Crippen molar-refractivity contribution in [3.8, 4) is 5.69 Å². The fraction of sp³-hybridized carbons (Fsp3) is 0.333. The Balaban J connectivity index is 1.68. The van der Waals surface area contributed by atoms with Gasteiger partial charge in [0, 0.05) is 16.7 Å². The predicted molar refractivity (Wildman–Crippen MR) is 111 cm³/mol. The van der Waals surface area contributed by atoms with Crippen molar-refractivity contribution in [3.63, 3.8) is 0 Å². The van der Waals surface area contributed by atoms with E-state index in [2.05, 4.69) is 38.2 Å². The van der Waals surface area contributed by atoms with Gasteiger partial charge in [0.1, 0.15) is 0 Å². The van der Waals surface area contributed by atoms with Gasteiger partial charge in [-0.25, -0.2) is 4.68 Å². The molecule has 4 heteroatoms. The fourth-order valence-corrected chi connectivity index (χ4v) is 5.36. The van der Waals surface area contributed by atoms with Crippen LogP contribution in [0.4, 0.5) is 5.69 Å². The molecule has 0 radical (unpaired) electrons. The Morgan fingerprint density at radius 1 is 1.04 bits per heavy atom.